The van der Waals surface area contributed by atoms with Crippen LogP contribution in [0.1, 0.15) is 45.4 Å². The topological polar surface area (TPSA) is 50.1 Å². The third-order valence-electron chi connectivity index (χ3n) is 6.35. The van der Waals surface area contributed by atoms with Gasteiger partial charge in [-0.3, -0.25) is 0 Å². The average Bonchev–Trinajstić information content (AvgIpc) is 3.39. The number of hydrogen-bond acceptors (Lipinski definition) is 5. The molecule has 1 saturated heterocycles. The monoisotopic (exact) mass is 368 g/mol. The number of aromatic nitrogens is 4. The Balaban J connectivity index is 1.39. The van der Waals surface area contributed by atoms with Crippen LogP contribution in [0.15, 0.2) is 24.9 Å². The summed E-state index contributed by atoms with van der Waals surface area (Å²) in [5.41, 5.74) is 2.15. The molecule has 0 radical (unpaired) electrons. The van der Waals surface area contributed by atoms with Crippen molar-refractivity contribution >= 4 is 5.95 Å². The SMILES string of the molecule is CC1CCN(c2ncc(-c3cncn3CCN(C)C3CCCC3)cn2)CC1. The predicted octanol–water partition coefficient (Wildman–Crippen LogP) is 3.45. The number of likely N-dealkylation sites (N-methyl/N-ethyl adjacent to an activating group) is 1. The first-order chi connectivity index (χ1) is 13.2. The molecule has 0 atom stereocenters. The summed E-state index contributed by atoms with van der Waals surface area (Å²) in [4.78, 5) is 18.5. The number of imidazole rings is 1. The Kier molecular flexibility index (Phi) is 5.72. The number of rotatable bonds is 6. The normalized spacial score (nSPS) is 19.3. The van der Waals surface area contributed by atoms with Crippen LogP contribution in [0, 0.1) is 5.92 Å². The third kappa shape index (κ3) is 4.32. The van der Waals surface area contributed by atoms with Crippen LogP contribution in [0.4, 0.5) is 5.95 Å². The Morgan fingerprint density at radius 1 is 1.04 bits per heavy atom. The smallest absolute Gasteiger partial charge is 0.225 e. The average molecular weight is 369 g/mol. The minimum Gasteiger partial charge on any atom is -0.341 e. The van der Waals surface area contributed by atoms with Crippen LogP contribution in [-0.2, 0) is 6.54 Å². The lowest BCUT2D eigenvalue weighted by atomic mass is 10.00. The van der Waals surface area contributed by atoms with Crippen molar-refractivity contribution in [1.29, 1.82) is 0 Å². The highest BCUT2D eigenvalue weighted by Gasteiger charge is 2.20. The molecule has 0 unspecified atom stereocenters. The second-order valence-corrected chi connectivity index (χ2v) is 8.33. The molecule has 0 bridgehead atoms. The van der Waals surface area contributed by atoms with Crippen molar-refractivity contribution in [2.75, 3.05) is 31.6 Å². The Morgan fingerprint density at radius 3 is 2.44 bits per heavy atom. The van der Waals surface area contributed by atoms with Crippen LogP contribution in [0.25, 0.3) is 11.3 Å². The maximum atomic E-state index is 4.65. The summed E-state index contributed by atoms with van der Waals surface area (Å²) in [6.07, 6.45) is 15.7. The van der Waals surface area contributed by atoms with Gasteiger partial charge >= 0.3 is 0 Å². The van der Waals surface area contributed by atoms with Gasteiger partial charge in [-0.25, -0.2) is 15.0 Å². The summed E-state index contributed by atoms with van der Waals surface area (Å²) in [6.45, 7) is 6.46. The molecule has 6 nitrogen and oxygen atoms in total. The summed E-state index contributed by atoms with van der Waals surface area (Å²) < 4.78 is 2.23. The number of hydrogen-bond donors (Lipinski definition) is 0. The molecule has 0 aromatic carbocycles. The standard InChI is InChI=1S/C21H32N6/c1-17-7-9-26(10-8-17)21-23-13-18(14-24-21)20-15-22-16-27(20)12-11-25(2)19-5-3-4-6-19/h13-17,19H,3-12H2,1-2H3. The summed E-state index contributed by atoms with van der Waals surface area (Å²) in [5, 5.41) is 0. The lowest BCUT2D eigenvalue weighted by Crippen LogP contribution is -2.34. The fourth-order valence-corrected chi connectivity index (χ4v) is 4.36. The maximum absolute atomic E-state index is 4.65. The van der Waals surface area contributed by atoms with E-state index in [-0.39, 0.29) is 0 Å². The van der Waals surface area contributed by atoms with E-state index < -0.39 is 0 Å². The Labute approximate surface area is 162 Å². The molecule has 2 aromatic heterocycles. The van der Waals surface area contributed by atoms with E-state index in [4.69, 9.17) is 0 Å². The highest BCUT2D eigenvalue weighted by molar-refractivity contribution is 5.57. The molecule has 4 rings (SSSR count). The molecule has 0 amide bonds. The zero-order valence-electron chi connectivity index (χ0n) is 16.7. The maximum Gasteiger partial charge on any atom is 0.225 e. The Bertz CT molecular complexity index is 711. The second kappa shape index (κ2) is 8.38. The molecule has 1 aliphatic heterocycles. The number of anilines is 1. The van der Waals surface area contributed by atoms with E-state index in [1.165, 1.54) is 38.5 Å². The van der Waals surface area contributed by atoms with Crippen molar-refractivity contribution in [3.63, 3.8) is 0 Å². The Hall–Kier alpha value is -1.95. The van der Waals surface area contributed by atoms with Gasteiger partial charge in [-0.05, 0) is 38.6 Å². The molecule has 2 aromatic rings. The molecule has 0 spiro atoms. The molecule has 3 heterocycles. The van der Waals surface area contributed by atoms with E-state index in [1.807, 2.05) is 24.9 Å². The van der Waals surface area contributed by atoms with E-state index in [0.717, 1.165) is 55.3 Å². The van der Waals surface area contributed by atoms with Crippen molar-refractivity contribution < 1.29 is 0 Å². The number of nitrogens with zero attached hydrogens (tertiary/aromatic N) is 6. The van der Waals surface area contributed by atoms with Gasteiger partial charge in [0.2, 0.25) is 5.95 Å². The van der Waals surface area contributed by atoms with Gasteiger partial charge in [-0.15, -0.1) is 0 Å². The molecule has 2 aliphatic rings. The van der Waals surface area contributed by atoms with Gasteiger partial charge < -0.3 is 14.4 Å². The first kappa shape index (κ1) is 18.4. The zero-order chi connectivity index (χ0) is 18.6. The molecule has 146 valence electrons. The minimum atomic E-state index is 0.756. The molecule has 2 fully saturated rings. The van der Waals surface area contributed by atoms with E-state index in [0.29, 0.717) is 0 Å². The van der Waals surface area contributed by atoms with Gasteiger partial charge in [0.15, 0.2) is 0 Å². The lowest BCUT2D eigenvalue weighted by molar-refractivity contribution is 0.237. The van der Waals surface area contributed by atoms with Gasteiger partial charge in [0.05, 0.1) is 18.2 Å². The van der Waals surface area contributed by atoms with Crippen LogP contribution < -0.4 is 4.90 Å². The minimum absolute atomic E-state index is 0.756. The molecule has 0 N–H and O–H groups in total. The molecular weight excluding hydrogens is 336 g/mol. The molecule has 27 heavy (non-hydrogen) atoms. The van der Waals surface area contributed by atoms with Gasteiger partial charge in [-0.1, -0.05) is 19.8 Å². The van der Waals surface area contributed by atoms with Crippen molar-refractivity contribution in [3.8, 4) is 11.3 Å². The van der Waals surface area contributed by atoms with Crippen LogP contribution in [0.5, 0.6) is 0 Å². The number of piperidine rings is 1. The highest BCUT2D eigenvalue weighted by atomic mass is 15.2. The van der Waals surface area contributed by atoms with Crippen molar-refractivity contribution in [2.24, 2.45) is 5.92 Å². The highest BCUT2D eigenvalue weighted by Crippen LogP contribution is 2.24. The first-order valence-corrected chi connectivity index (χ1v) is 10.5. The van der Waals surface area contributed by atoms with Gasteiger partial charge in [0, 0.05) is 50.2 Å². The third-order valence-corrected chi connectivity index (χ3v) is 6.35. The zero-order valence-corrected chi connectivity index (χ0v) is 16.7. The van der Waals surface area contributed by atoms with Gasteiger partial charge in [0.25, 0.3) is 0 Å². The second-order valence-electron chi connectivity index (χ2n) is 8.33. The van der Waals surface area contributed by atoms with Crippen LogP contribution >= 0.6 is 0 Å². The van der Waals surface area contributed by atoms with Crippen LogP contribution in [0.2, 0.25) is 0 Å². The quantitative estimate of drug-likeness (QED) is 0.782. The van der Waals surface area contributed by atoms with Gasteiger partial charge in [0.1, 0.15) is 0 Å². The summed E-state index contributed by atoms with van der Waals surface area (Å²) >= 11 is 0. The molecular formula is C21H32N6. The van der Waals surface area contributed by atoms with Crippen molar-refractivity contribution in [1.82, 2.24) is 24.4 Å². The summed E-state index contributed by atoms with van der Waals surface area (Å²) in [7, 11) is 2.25. The van der Waals surface area contributed by atoms with Crippen molar-refractivity contribution in [3.05, 3.63) is 24.9 Å². The molecule has 1 saturated carbocycles. The predicted molar refractivity (Wildman–Crippen MR) is 109 cm³/mol. The largest absolute Gasteiger partial charge is 0.341 e. The first-order valence-electron chi connectivity index (χ1n) is 10.5. The van der Waals surface area contributed by atoms with Gasteiger partial charge in [-0.2, -0.15) is 0 Å². The van der Waals surface area contributed by atoms with E-state index in [1.54, 1.807) is 0 Å². The van der Waals surface area contributed by atoms with E-state index in [2.05, 4.69) is 43.3 Å². The van der Waals surface area contributed by atoms with Crippen LogP contribution in [0.3, 0.4) is 0 Å². The van der Waals surface area contributed by atoms with Crippen LogP contribution in [-0.4, -0.2) is 57.1 Å². The van der Waals surface area contributed by atoms with Crippen molar-refractivity contribution in [2.45, 2.75) is 58.0 Å². The molecule has 6 heteroatoms. The Morgan fingerprint density at radius 2 is 1.74 bits per heavy atom. The lowest BCUT2D eigenvalue weighted by Gasteiger charge is -2.30. The fraction of sp³-hybridized carbons (Fsp3) is 0.667. The van der Waals surface area contributed by atoms with E-state index >= 15 is 0 Å². The summed E-state index contributed by atoms with van der Waals surface area (Å²) in [6, 6.07) is 0.756. The van der Waals surface area contributed by atoms with E-state index in [9.17, 15) is 0 Å². The summed E-state index contributed by atoms with van der Waals surface area (Å²) in [5.74, 6) is 1.68. The fourth-order valence-electron chi connectivity index (χ4n) is 4.36. The molecule has 1 aliphatic carbocycles.